The van der Waals surface area contributed by atoms with Crippen LogP contribution in [0, 0.1) is 0 Å². The Labute approximate surface area is 165 Å². The van der Waals surface area contributed by atoms with Gasteiger partial charge in [0.15, 0.2) is 0 Å². The molecule has 1 atom stereocenters. The number of nitrogens with zero attached hydrogens (tertiary/aromatic N) is 4. The molecule has 0 spiro atoms. The van der Waals surface area contributed by atoms with Gasteiger partial charge in [-0.15, -0.1) is 0 Å². The molecule has 1 amide bonds. The molecule has 0 radical (unpaired) electrons. The molecule has 1 aromatic carbocycles. The predicted molar refractivity (Wildman–Crippen MR) is 101 cm³/mol. The fraction of sp³-hybridized carbons (Fsp3) is 0.333. The van der Waals surface area contributed by atoms with Crippen LogP contribution in [-0.4, -0.2) is 50.0 Å². The Morgan fingerprint density at radius 2 is 2.29 bits per heavy atom. The molecule has 1 unspecified atom stereocenters. The number of imidazole rings is 1. The molecule has 9 nitrogen and oxygen atoms in total. The second-order valence-electron chi connectivity index (χ2n) is 6.54. The van der Waals surface area contributed by atoms with Crippen LogP contribution in [0.25, 0.3) is 0 Å². The number of carbonyl (C=O) groups excluding carboxylic acids is 1. The number of benzene rings is 1. The Hall–Kier alpha value is -3.07. The summed E-state index contributed by atoms with van der Waals surface area (Å²) in [6.45, 7) is 1.56. The number of guanidine groups is 1. The first-order valence-electron chi connectivity index (χ1n) is 8.81. The van der Waals surface area contributed by atoms with Gasteiger partial charge in [-0.3, -0.25) is 14.9 Å². The van der Waals surface area contributed by atoms with Gasteiger partial charge in [0.25, 0.3) is 0 Å². The van der Waals surface area contributed by atoms with Crippen molar-refractivity contribution >= 4 is 35.1 Å². The molecule has 10 heteroatoms. The molecular weight excluding hydrogens is 386 g/mol. The summed E-state index contributed by atoms with van der Waals surface area (Å²) in [5.41, 5.74) is 1.35. The number of aliphatic imine (C=N–C) groups is 1. The first kappa shape index (κ1) is 18.3. The predicted octanol–water partition coefficient (Wildman–Crippen LogP) is 1.78. The van der Waals surface area contributed by atoms with E-state index in [-0.39, 0.29) is 18.9 Å². The Morgan fingerprint density at radius 1 is 1.43 bits per heavy atom. The monoisotopic (exact) mass is 403 g/mol. The van der Waals surface area contributed by atoms with Gasteiger partial charge in [0.05, 0.1) is 36.6 Å². The molecule has 28 heavy (non-hydrogen) atoms. The van der Waals surface area contributed by atoms with E-state index in [0.29, 0.717) is 34.6 Å². The molecule has 2 N–H and O–H groups in total. The van der Waals surface area contributed by atoms with E-state index in [4.69, 9.17) is 21.4 Å². The number of amides is 1. The first-order chi connectivity index (χ1) is 13.5. The van der Waals surface area contributed by atoms with Crippen LogP contribution < -0.4 is 10.1 Å². The van der Waals surface area contributed by atoms with Gasteiger partial charge in [0.1, 0.15) is 11.8 Å². The van der Waals surface area contributed by atoms with Crippen molar-refractivity contribution in [2.75, 3.05) is 6.61 Å². The molecule has 0 bridgehead atoms. The van der Waals surface area contributed by atoms with Gasteiger partial charge >= 0.3 is 5.97 Å². The third-order valence-electron chi connectivity index (χ3n) is 4.67. The number of nitrogens with one attached hydrogen (secondary N) is 1. The van der Waals surface area contributed by atoms with Crippen molar-refractivity contribution in [1.82, 2.24) is 19.8 Å². The van der Waals surface area contributed by atoms with E-state index in [2.05, 4.69) is 15.3 Å². The van der Waals surface area contributed by atoms with Crippen LogP contribution in [0.4, 0.5) is 5.69 Å². The average molecular weight is 404 g/mol. The minimum atomic E-state index is -1.05. The minimum absolute atomic E-state index is 0.288. The number of aliphatic carboxylic acids is 1. The van der Waals surface area contributed by atoms with Crippen LogP contribution >= 0.6 is 11.6 Å². The number of halogens is 1. The third kappa shape index (κ3) is 3.53. The van der Waals surface area contributed by atoms with Crippen molar-refractivity contribution in [1.29, 1.82) is 0 Å². The summed E-state index contributed by atoms with van der Waals surface area (Å²) in [6.07, 6.45) is 5.85. The van der Waals surface area contributed by atoms with E-state index in [1.165, 1.54) is 0 Å². The van der Waals surface area contributed by atoms with Crippen LogP contribution in [-0.2, 0) is 22.7 Å². The normalized spacial score (nSPS) is 17.6. The Morgan fingerprint density at radius 3 is 3.04 bits per heavy atom. The van der Waals surface area contributed by atoms with E-state index in [0.717, 1.165) is 13.0 Å². The number of hydrogen-bond donors (Lipinski definition) is 2. The number of fused-ring (bicyclic) bond motifs is 2. The van der Waals surface area contributed by atoms with Gasteiger partial charge in [0.2, 0.25) is 11.9 Å². The van der Waals surface area contributed by atoms with Crippen LogP contribution in [0.1, 0.15) is 18.4 Å². The maximum atomic E-state index is 12.1. The first-order valence-corrected chi connectivity index (χ1v) is 9.18. The molecule has 1 saturated heterocycles. The van der Waals surface area contributed by atoms with Gasteiger partial charge in [-0.2, -0.15) is 0 Å². The molecule has 2 aliphatic heterocycles. The molecular formula is C18H18ClN5O4. The Kier molecular flexibility index (Phi) is 4.91. The molecule has 0 aliphatic carbocycles. The van der Waals surface area contributed by atoms with E-state index < -0.39 is 12.0 Å². The number of carboxylic acids is 1. The van der Waals surface area contributed by atoms with Crippen molar-refractivity contribution in [3.05, 3.63) is 41.4 Å². The van der Waals surface area contributed by atoms with Gasteiger partial charge in [0, 0.05) is 24.5 Å². The molecule has 3 heterocycles. The quantitative estimate of drug-likeness (QED) is 0.682. The lowest BCUT2D eigenvalue weighted by molar-refractivity contribution is -0.140. The molecule has 2 aromatic rings. The summed E-state index contributed by atoms with van der Waals surface area (Å²) in [7, 11) is 0. The van der Waals surface area contributed by atoms with Crippen molar-refractivity contribution < 1.29 is 19.4 Å². The Balaban J connectivity index is 1.47. The van der Waals surface area contributed by atoms with E-state index >= 15 is 0 Å². The third-order valence-corrected chi connectivity index (χ3v) is 5.08. The van der Waals surface area contributed by atoms with E-state index in [1.807, 2.05) is 10.8 Å². The lowest BCUT2D eigenvalue weighted by Crippen LogP contribution is -2.38. The van der Waals surface area contributed by atoms with Crippen molar-refractivity contribution in [2.45, 2.75) is 32.0 Å². The van der Waals surface area contributed by atoms with Crippen LogP contribution in [0.3, 0.4) is 0 Å². The van der Waals surface area contributed by atoms with Gasteiger partial charge < -0.3 is 19.3 Å². The molecule has 146 valence electrons. The molecule has 1 fully saturated rings. The fourth-order valence-electron chi connectivity index (χ4n) is 3.29. The largest absolute Gasteiger partial charge is 0.492 e. The van der Waals surface area contributed by atoms with Crippen LogP contribution in [0.5, 0.6) is 5.75 Å². The topological polar surface area (TPSA) is 109 Å². The number of ether oxygens (including phenoxy) is 1. The summed E-state index contributed by atoms with van der Waals surface area (Å²) in [5.74, 6) is -0.527. The maximum Gasteiger partial charge on any atom is 0.305 e. The lowest BCUT2D eigenvalue weighted by atomic mass is 10.1. The second kappa shape index (κ2) is 7.51. The van der Waals surface area contributed by atoms with Gasteiger partial charge in [-0.1, -0.05) is 11.6 Å². The number of aryl methyl sites for hydroxylation is 1. The summed E-state index contributed by atoms with van der Waals surface area (Å²) in [5, 5.41) is 12.1. The SMILES string of the molecule is O=C(O)CC1C(=O)NC2=Nc3ccc(OCCCn4ccnc4)c(Cl)c3CN21. The molecule has 4 rings (SSSR count). The standard InChI is InChI=1S/C18H18ClN5O4/c19-16-11-9-24-13(8-15(25)26)17(27)22-18(24)21-12(11)2-3-14(16)28-7-1-5-23-6-4-20-10-23/h2-4,6,10,13H,1,5,7-9H2,(H,25,26)(H,21,22,27). The van der Waals surface area contributed by atoms with Crippen molar-refractivity contribution in [3.8, 4) is 5.75 Å². The number of rotatable bonds is 7. The number of hydrogen-bond acceptors (Lipinski definition) is 6. The zero-order chi connectivity index (χ0) is 19.7. The lowest BCUT2D eigenvalue weighted by Gasteiger charge is -2.28. The number of aromatic nitrogens is 2. The average Bonchev–Trinajstić information content (AvgIpc) is 3.27. The van der Waals surface area contributed by atoms with Crippen LogP contribution in [0.2, 0.25) is 5.02 Å². The highest BCUT2D eigenvalue weighted by Crippen LogP contribution is 2.39. The van der Waals surface area contributed by atoms with Crippen molar-refractivity contribution in [3.63, 3.8) is 0 Å². The van der Waals surface area contributed by atoms with E-state index in [1.54, 1.807) is 29.6 Å². The van der Waals surface area contributed by atoms with Crippen molar-refractivity contribution in [2.24, 2.45) is 4.99 Å². The minimum Gasteiger partial charge on any atom is -0.492 e. The Bertz CT molecular complexity index is 944. The van der Waals surface area contributed by atoms with Gasteiger partial charge in [-0.25, -0.2) is 9.98 Å². The highest BCUT2D eigenvalue weighted by Gasteiger charge is 2.40. The molecule has 1 aromatic heterocycles. The second-order valence-corrected chi connectivity index (χ2v) is 6.92. The van der Waals surface area contributed by atoms with E-state index in [9.17, 15) is 9.59 Å². The zero-order valence-electron chi connectivity index (χ0n) is 14.8. The summed E-state index contributed by atoms with van der Waals surface area (Å²) in [4.78, 5) is 33.2. The highest BCUT2D eigenvalue weighted by molar-refractivity contribution is 6.33. The molecule has 2 aliphatic rings. The zero-order valence-corrected chi connectivity index (χ0v) is 15.6. The number of carboxylic acid groups (broad SMARTS) is 1. The van der Waals surface area contributed by atoms with Crippen LogP contribution in [0.15, 0.2) is 35.8 Å². The number of carbonyl (C=O) groups is 2. The summed E-state index contributed by atoms with van der Waals surface area (Å²) >= 11 is 6.53. The summed E-state index contributed by atoms with van der Waals surface area (Å²) < 4.78 is 7.78. The maximum absolute atomic E-state index is 12.1. The summed E-state index contributed by atoms with van der Waals surface area (Å²) in [6, 6.07) is 2.73. The highest BCUT2D eigenvalue weighted by atomic mass is 35.5. The fourth-order valence-corrected chi connectivity index (χ4v) is 3.56. The smallest absolute Gasteiger partial charge is 0.305 e. The van der Waals surface area contributed by atoms with Gasteiger partial charge in [-0.05, 0) is 18.6 Å². The molecule has 0 saturated carbocycles.